The molecule has 1 aromatic carbocycles. The molecule has 2 heterocycles. The second-order valence-electron chi connectivity index (χ2n) is 7.81. The van der Waals surface area contributed by atoms with Gasteiger partial charge in [0.2, 0.25) is 0 Å². The smallest absolute Gasteiger partial charge is 0.437 e. The lowest BCUT2D eigenvalue weighted by Crippen LogP contribution is -2.20. The Balaban J connectivity index is 2.03. The minimum atomic E-state index is -4.26. The predicted molar refractivity (Wildman–Crippen MR) is 132 cm³/mol. The zero-order chi connectivity index (χ0) is 26.2. The van der Waals surface area contributed by atoms with E-state index >= 15 is 0 Å². The first kappa shape index (κ1) is 26.5. The topological polar surface area (TPSA) is 137 Å². The van der Waals surface area contributed by atoms with Gasteiger partial charge in [-0.25, -0.2) is 17.9 Å². The molecule has 0 bridgehead atoms. The van der Waals surface area contributed by atoms with Gasteiger partial charge in [0.1, 0.15) is 26.2 Å². The molecule has 0 aliphatic heterocycles. The minimum Gasteiger partial charge on any atom is -0.437 e. The molecule has 0 spiro atoms. The highest BCUT2D eigenvalue weighted by molar-refractivity contribution is 7.93. The maximum Gasteiger partial charge on any atom is 0.513 e. The van der Waals surface area contributed by atoms with Crippen molar-refractivity contribution in [2.45, 2.75) is 46.4 Å². The fourth-order valence-corrected chi connectivity index (χ4v) is 6.51. The Labute approximate surface area is 211 Å². The molecule has 2 aromatic heterocycles. The molecule has 0 unspecified atom stereocenters. The molecule has 0 atom stereocenters. The highest BCUT2D eigenvalue weighted by atomic mass is 35.5. The van der Waals surface area contributed by atoms with Crippen LogP contribution in [0.5, 0.6) is 5.75 Å². The molecule has 35 heavy (non-hydrogen) atoms. The minimum absolute atomic E-state index is 0.0215. The van der Waals surface area contributed by atoms with Gasteiger partial charge in [0, 0.05) is 10.4 Å². The Morgan fingerprint density at radius 1 is 1.09 bits per heavy atom. The molecule has 1 amide bonds. The molecule has 2 N–H and O–H groups in total. The van der Waals surface area contributed by atoms with Crippen molar-refractivity contribution in [2.75, 3.05) is 17.1 Å². The maximum atomic E-state index is 13.4. The monoisotopic (exact) mass is 541 g/mol. The van der Waals surface area contributed by atoms with Gasteiger partial charge in [-0.1, -0.05) is 22.8 Å². The van der Waals surface area contributed by atoms with Crippen molar-refractivity contribution in [3.63, 3.8) is 0 Å². The van der Waals surface area contributed by atoms with Crippen LogP contribution in [0.2, 0.25) is 5.02 Å². The summed E-state index contributed by atoms with van der Waals surface area (Å²) in [5, 5.41) is 6.43. The summed E-state index contributed by atoms with van der Waals surface area (Å²) in [4.78, 5) is 25.4. The van der Waals surface area contributed by atoms with Crippen LogP contribution in [0, 0.1) is 41.5 Å². The third kappa shape index (κ3) is 5.14. The average molecular weight is 542 g/mol. The lowest BCUT2D eigenvalue weighted by molar-refractivity contribution is 0.102. The number of halogens is 1. The van der Waals surface area contributed by atoms with Crippen LogP contribution < -0.4 is 14.8 Å². The summed E-state index contributed by atoms with van der Waals surface area (Å²) in [5.41, 5.74) is 2.95. The fraction of sp³-hybridized carbons (Fsp3) is 0.318. The highest BCUT2D eigenvalue weighted by Gasteiger charge is 2.31. The summed E-state index contributed by atoms with van der Waals surface area (Å²) in [6.45, 7) is 10.1. The summed E-state index contributed by atoms with van der Waals surface area (Å²) < 4.78 is 43.6. The van der Waals surface area contributed by atoms with E-state index in [-0.39, 0.29) is 26.4 Å². The number of ether oxygens (including phenoxy) is 2. The van der Waals surface area contributed by atoms with E-state index in [2.05, 4.69) is 19.9 Å². The van der Waals surface area contributed by atoms with E-state index in [4.69, 9.17) is 20.9 Å². The van der Waals surface area contributed by atoms with Crippen LogP contribution in [0.15, 0.2) is 15.5 Å². The zero-order valence-electron chi connectivity index (χ0n) is 20.1. The van der Waals surface area contributed by atoms with Gasteiger partial charge in [0.15, 0.2) is 0 Å². The average Bonchev–Trinajstić information content (AvgIpc) is 3.26. The molecule has 0 aliphatic rings. The van der Waals surface area contributed by atoms with Crippen molar-refractivity contribution >= 4 is 56.6 Å². The van der Waals surface area contributed by atoms with Crippen molar-refractivity contribution in [3.8, 4) is 5.75 Å². The number of rotatable bonds is 6. The summed E-state index contributed by atoms with van der Waals surface area (Å²) in [6.07, 6.45) is -0.900. The number of nitrogens with zero attached hydrogens (tertiary/aromatic N) is 1. The molecule has 3 rings (SSSR count). The Hall–Kier alpha value is -3.09. The lowest BCUT2D eigenvalue weighted by atomic mass is 10.0. The van der Waals surface area contributed by atoms with Crippen molar-refractivity contribution in [1.29, 1.82) is 0 Å². The number of hydrogen-bond donors (Lipinski definition) is 2. The lowest BCUT2D eigenvalue weighted by Gasteiger charge is -2.17. The fourth-order valence-electron chi connectivity index (χ4n) is 3.49. The van der Waals surface area contributed by atoms with E-state index < -0.39 is 22.1 Å². The number of carbonyl (C=O) groups is 2. The first-order valence-corrected chi connectivity index (χ1v) is 12.9. The molecule has 10 nitrogen and oxygen atoms in total. The second kappa shape index (κ2) is 9.88. The van der Waals surface area contributed by atoms with Crippen LogP contribution >= 0.6 is 22.9 Å². The number of anilines is 2. The molecular formula is C22H24ClN3O7S2. The Bertz CT molecular complexity index is 1440. The highest BCUT2D eigenvalue weighted by Crippen LogP contribution is 2.37. The van der Waals surface area contributed by atoms with Crippen LogP contribution in [-0.2, 0) is 14.8 Å². The van der Waals surface area contributed by atoms with Gasteiger partial charge in [0.05, 0.1) is 12.8 Å². The summed E-state index contributed by atoms with van der Waals surface area (Å²) >= 11 is 7.09. The van der Waals surface area contributed by atoms with Gasteiger partial charge < -0.3 is 19.3 Å². The van der Waals surface area contributed by atoms with Crippen molar-refractivity contribution in [2.24, 2.45) is 0 Å². The molecule has 13 heteroatoms. The number of amides is 1. The largest absolute Gasteiger partial charge is 0.513 e. The van der Waals surface area contributed by atoms with Crippen molar-refractivity contribution in [1.82, 2.24) is 5.16 Å². The number of benzene rings is 1. The number of thiophene rings is 1. The van der Waals surface area contributed by atoms with E-state index in [9.17, 15) is 18.0 Å². The number of nitrogens with one attached hydrogen (secondary N) is 2. The van der Waals surface area contributed by atoms with E-state index in [0.717, 1.165) is 11.3 Å². The normalized spacial score (nSPS) is 11.3. The third-order valence-corrected chi connectivity index (χ3v) is 8.60. The molecule has 0 aliphatic carbocycles. The third-order valence-electron chi connectivity index (χ3n) is 5.31. The van der Waals surface area contributed by atoms with Crippen LogP contribution in [-0.4, -0.2) is 32.7 Å². The first-order chi connectivity index (χ1) is 16.3. The predicted octanol–water partition coefficient (Wildman–Crippen LogP) is 5.44. The van der Waals surface area contributed by atoms with E-state index in [1.807, 2.05) is 0 Å². The first-order valence-electron chi connectivity index (χ1n) is 10.2. The summed E-state index contributed by atoms with van der Waals surface area (Å²) in [5.74, 6) is -0.653. The number of carbonyl (C=O) groups excluding carboxylic acids is 2. The van der Waals surface area contributed by atoms with Crippen LogP contribution in [0.4, 0.5) is 16.4 Å². The number of aryl methyl sites for hydroxylation is 4. The van der Waals surface area contributed by atoms with Gasteiger partial charge >= 0.3 is 6.16 Å². The zero-order valence-corrected chi connectivity index (χ0v) is 22.5. The molecule has 0 saturated heterocycles. The second-order valence-corrected chi connectivity index (χ2v) is 11.0. The molecule has 3 aromatic rings. The van der Waals surface area contributed by atoms with E-state index in [1.165, 1.54) is 7.11 Å². The van der Waals surface area contributed by atoms with Crippen LogP contribution in [0.3, 0.4) is 0 Å². The summed E-state index contributed by atoms with van der Waals surface area (Å²) in [6, 6.07) is 1.74. The Morgan fingerprint density at radius 2 is 1.74 bits per heavy atom. The summed E-state index contributed by atoms with van der Waals surface area (Å²) in [7, 11) is -3.07. The number of sulfonamides is 1. The van der Waals surface area contributed by atoms with Crippen molar-refractivity contribution < 1.29 is 32.0 Å². The molecule has 188 valence electrons. The molecular weight excluding hydrogens is 518 g/mol. The number of hydrogen-bond acceptors (Lipinski definition) is 9. The van der Waals surface area contributed by atoms with E-state index in [1.54, 1.807) is 47.6 Å². The van der Waals surface area contributed by atoms with Gasteiger partial charge in [-0.05, 0) is 58.2 Å². The quantitative estimate of drug-likeness (QED) is 0.311. The molecule has 0 radical (unpaired) electrons. The van der Waals surface area contributed by atoms with Crippen LogP contribution in [0.1, 0.15) is 42.5 Å². The maximum absolute atomic E-state index is 13.4. The van der Waals surface area contributed by atoms with Gasteiger partial charge in [-0.2, -0.15) is 0 Å². The Kier molecular flexibility index (Phi) is 7.48. The van der Waals surface area contributed by atoms with Crippen LogP contribution in [0.25, 0.3) is 0 Å². The van der Waals surface area contributed by atoms with Gasteiger partial charge in [-0.3, -0.25) is 4.79 Å². The van der Waals surface area contributed by atoms with Gasteiger partial charge in [0.25, 0.3) is 21.8 Å². The number of methoxy groups -OCH3 is 1. The number of aromatic nitrogens is 1. The van der Waals surface area contributed by atoms with Gasteiger partial charge in [-0.15, -0.1) is 11.3 Å². The van der Waals surface area contributed by atoms with Crippen molar-refractivity contribution in [3.05, 3.63) is 48.8 Å². The molecule has 0 saturated carbocycles. The van der Waals surface area contributed by atoms with E-state index in [0.29, 0.717) is 38.5 Å². The molecule has 0 fully saturated rings. The SMILES string of the molecule is COC(=O)Oc1c(C)cc(C)c(NC(=O)c2sc(C)c(C)c2S(=O)(=O)Nc2onc(C)c2Cl)c1C. The standard InChI is InChI=1S/C22H24ClN3O7S2/c1-9-8-10(2)17(32-22(28)31-7)12(4)16(9)24-20(27)18-19(11(3)14(6)34-18)35(29,30)26-21-15(23)13(5)25-33-21/h8,26H,1-7H3,(H,24,27). The Morgan fingerprint density at radius 3 is 2.31 bits per heavy atom.